The molecule has 0 radical (unpaired) electrons. The zero-order valence-corrected chi connectivity index (χ0v) is 13.1. The molecular formula is C11H25NO3S2. The van der Waals surface area contributed by atoms with Crippen molar-refractivity contribution in [1.82, 2.24) is 5.32 Å². The Labute approximate surface area is 110 Å². The third-order valence-electron chi connectivity index (χ3n) is 2.70. The van der Waals surface area contributed by atoms with Crippen molar-refractivity contribution in [2.75, 3.05) is 37.2 Å². The predicted octanol–water partition coefficient (Wildman–Crippen LogP) is 1.17. The number of ether oxygens (including phenoxy) is 1. The van der Waals surface area contributed by atoms with E-state index in [0.29, 0.717) is 5.75 Å². The fourth-order valence-electron chi connectivity index (χ4n) is 1.31. The summed E-state index contributed by atoms with van der Waals surface area (Å²) in [4.78, 5) is 0. The van der Waals surface area contributed by atoms with Crippen LogP contribution in [0.2, 0.25) is 0 Å². The smallest absolute Gasteiger partial charge is 0.148 e. The maximum atomic E-state index is 11.0. The highest BCUT2D eigenvalue weighted by atomic mass is 32.2. The molecule has 0 spiro atoms. The van der Waals surface area contributed by atoms with E-state index in [-0.39, 0.29) is 17.4 Å². The molecule has 0 rings (SSSR count). The minimum Gasteiger partial charge on any atom is -0.377 e. The summed E-state index contributed by atoms with van der Waals surface area (Å²) >= 11 is 1.65. The average Bonchev–Trinajstić information content (AvgIpc) is 2.21. The summed E-state index contributed by atoms with van der Waals surface area (Å²) in [6.45, 7) is 7.01. The monoisotopic (exact) mass is 283 g/mol. The standard InChI is InChI=1S/C11H25NO3S2/c1-6-12-10(11(2,3)15-4)9-16-7-8-17(5,13)14/h10,12H,6-9H2,1-5H3. The fourth-order valence-corrected chi connectivity index (χ4v) is 3.91. The second-order valence-corrected chi connectivity index (χ2v) is 8.03. The Hall–Kier alpha value is 0.220. The molecule has 0 aliphatic heterocycles. The van der Waals surface area contributed by atoms with Crippen LogP contribution in [0.25, 0.3) is 0 Å². The zero-order chi connectivity index (χ0) is 13.5. The molecule has 0 bridgehead atoms. The molecule has 17 heavy (non-hydrogen) atoms. The summed E-state index contributed by atoms with van der Waals surface area (Å²) in [6.07, 6.45) is 1.27. The minimum absolute atomic E-state index is 0.224. The van der Waals surface area contributed by atoms with Crippen LogP contribution in [0.1, 0.15) is 20.8 Å². The molecule has 1 unspecified atom stereocenters. The molecule has 0 aromatic carbocycles. The summed E-state index contributed by atoms with van der Waals surface area (Å²) in [7, 11) is -1.15. The van der Waals surface area contributed by atoms with Crippen LogP contribution in [-0.2, 0) is 14.6 Å². The van der Waals surface area contributed by atoms with Crippen LogP contribution < -0.4 is 5.32 Å². The topological polar surface area (TPSA) is 55.4 Å². The van der Waals surface area contributed by atoms with E-state index in [9.17, 15) is 8.42 Å². The highest BCUT2D eigenvalue weighted by Gasteiger charge is 2.28. The number of nitrogens with one attached hydrogen (secondary N) is 1. The van der Waals surface area contributed by atoms with E-state index in [1.54, 1.807) is 18.9 Å². The molecule has 4 nitrogen and oxygen atoms in total. The number of hydrogen-bond acceptors (Lipinski definition) is 5. The highest BCUT2D eigenvalue weighted by molar-refractivity contribution is 8.00. The largest absolute Gasteiger partial charge is 0.377 e. The van der Waals surface area contributed by atoms with Crippen LogP contribution in [0.3, 0.4) is 0 Å². The van der Waals surface area contributed by atoms with E-state index in [1.807, 2.05) is 13.8 Å². The Kier molecular flexibility index (Phi) is 7.71. The molecule has 0 saturated carbocycles. The zero-order valence-electron chi connectivity index (χ0n) is 11.4. The summed E-state index contributed by atoms with van der Waals surface area (Å²) in [5, 5.41) is 3.38. The van der Waals surface area contributed by atoms with Gasteiger partial charge in [0.05, 0.1) is 11.4 Å². The molecule has 0 fully saturated rings. The fraction of sp³-hybridized carbons (Fsp3) is 1.00. The first-order valence-electron chi connectivity index (χ1n) is 5.77. The van der Waals surface area contributed by atoms with E-state index in [2.05, 4.69) is 12.2 Å². The maximum absolute atomic E-state index is 11.0. The van der Waals surface area contributed by atoms with Crippen LogP contribution in [0.5, 0.6) is 0 Å². The summed E-state index contributed by atoms with van der Waals surface area (Å²) in [5.41, 5.74) is -0.242. The average molecular weight is 283 g/mol. The lowest BCUT2D eigenvalue weighted by Crippen LogP contribution is -2.49. The molecule has 0 aromatic rings. The number of methoxy groups -OCH3 is 1. The van der Waals surface area contributed by atoms with Gasteiger partial charge >= 0.3 is 0 Å². The molecule has 6 heteroatoms. The third kappa shape index (κ3) is 8.02. The maximum Gasteiger partial charge on any atom is 0.148 e. The van der Waals surface area contributed by atoms with Crippen molar-refractivity contribution in [3.63, 3.8) is 0 Å². The number of likely N-dealkylation sites (N-methyl/N-ethyl adjacent to an activating group) is 1. The quantitative estimate of drug-likeness (QED) is 0.644. The molecule has 0 amide bonds. The number of rotatable bonds is 9. The second-order valence-electron chi connectivity index (χ2n) is 4.62. The van der Waals surface area contributed by atoms with Gasteiger partial charge in [-0.25, -0.2) is 8.42 Å². The lowest BCUT2D eigenvalue weighted by atomic mass is 10.0. The molecule has 0 aliphatic carbocycles. The van der Waals surface area contributed by atoms with Gasteiger partial charge in [-0.1, -0.05) is 6.92 Å². The first-order chi connectivity index (χ1) is 7.73. The summed E-state index contributed by atoms with van der Waals surface area (Å²) < 4.78 is 27.5. The summed E-state index contributed by atoms with van der Waals surface area (Å²) in [6, 6.07) is 0.224. The number of sulfone groups is 1. The van der Waals surface area contributed by atoms with Crippen LogP contribution in [0.4, 0.5) is 0 Å². The SMILES string of the molecule is CCNC(CSCCS(C)(=O)=O)C(C)(C)OC. The lowest BCUT2D eigenvalue weighted by molar-refractivity contribution is -0.00308. The van der Waals surface area contributed by atoms with Crippen molar-refractivity contribution in [2.24, 2.45) is 0 Å². The van der Waals surface area contributed by atoms with Gasteiger partial charge in [-0.2, -0.15) is 11.8 Å². The Morgan fingerprint density at radius 1 is 1.41 bits per heavy atom. The molecule has 0 saturated heterocycles. The van der Waals surface area contributed by atoms with Gasteiger partial charge in [0.2, 0.25) is 0 Å². The molecular weight excluding hydrogens is 258 g/mol. The van der Waals surface area contributed by atoms with Crippen molar-refractivity contribution < 1.29 is 13.2 Å². The first-order valence-corrected chi connectivity index (χ1v) is 8.98. The van der Waals surface area contributed by atoms with E-state index in [0.717, 1.165) is 12.3 Å². The van der Waals surface area contributed by atoms with Crippen molar-refractivity contribution in [2.45, 2.75) is 32.4 Å². The van der Waals surface area contributed by atoms with Crippen molar-refractivity contribution in [3.05, 3.63) is 0 Å². The predicted molar refractivity (Wildman–Crippen MR) is 75.6 cm³/mol. The van der Waals surface area contributed by atoms with Crippen molar-refractivity contribution >= 4 is 21.6 Å². The van der Waals surface area contributed by atoms with Gasteiger partial charge < -0.3 is 10.1 Å². The van der Waals surface area contributed by atoms with Gasteiger partial charge in [0.25, 0.3) is 0 Å². The molecule has 0 heterocycles. The van der Waals surface area contributed by atoms with Crippen molar-refractivity contribution in [1.29, 1.82) is 0 Å². The van der Waals surface area contributed by atoms with E-state index in [1.165, 1.54) is 6.26 Å². The molecule has 1 atom stereocenters. The first kappa shape index (κ1) is 17.2. The Morgan fingerprint density at radius 3 is 2.41 bits per heavy atom. The Morgan fingerprint density at radius 2 is 2.00 bits per heavy atom. The van der Waals surface area contributed by atoms with Crippen molar-refractivity contribution in [3.8, 4) is 0 Å². The Balaban J connectivity index is 4.11. The van der Waals surface area contributed by atoms with Gasteiger partial charge in [0.1, 0.15) is 9.84 Å². The van der Waals surface area contributed by atoms with Crippen LogP contribution in [0.15, 0.2) is 0 Å². The van der Waals surface area contributed by atoms with Gasteiger partial charge in [0.15, 0.2) is 0 Å². The van der Waals surface area contributed by atoms with Gasteiger partial charge in [-0.3, -0.25) is 0 Å². The van der Waals surface area contributed by atoms with E-state index in [4.69, 9.17) is 4.74 Å². The van der Waals surface area contributed by atoms with Gasteiger partial charge in [0, 0.05) is 30.9 Å². The number of hydrogen-bond donors (Lipinski definition) is 1. The molecule has 1 N–H and O–H groups in total. The highest BCUT2D eigenvalue weighted by Crippen LogP contribution is 2.18. The van der Waals surface area contributed by atoms with Gasteiger partial charge in [-0.15, -0.1) is 0 Å². The van der Waals surface area contributed by atoms with Crippen LogP contribution >= 0.6 is 11.8 Å². The van der Waals surface area contributed by atoms with E-state index >= 15 is 0 Å². The van der Waals surface area contributed by atoms with Gasteiger partial charge in [-0.05, 0) is 20.4 Å². The van der Waals surface area contributed by atoms with Crippen LogP contribution in [0, 0.1) is 0 Å². The van der Waals surface area contributed by atoms with E-state index < -0.39 is 9.84 Å². The summed E-state index contributed by atoms with van der Waals surface area (Å²) in [5.74, 6) is 1.73. The Bertz CT molecular complexity index is 302. The minimum atomic E-state index is -2.85. The molecule has 0 aliphatic rings. The van der Waals surface area contributed by atoms with Crippen LogP contribution in [-0.4, -0.2) is 57.2 Å². The normalized spacial score (nSPS) is 14.9. The number of thioether (sulfide) groups is 1. The lowest BCUT2D eigenvalue weighted by Gasteiger charge is -2.33. The molecule has 104 valence electrons. The second kappa shape index (κ2) is 7.61. The third-order valence-corrected chi connectivity index (χ3v) is 4.96. The molecule has 0 aromatic heterocycles.